The zero-order chi connectivity index (χ0) is 31.7. The molecule has 1 atom stereocenters. The van der Waals surface area contributed by atoms with Crippen LogP contribution in [0.4, 0.5) is 0 Å². The average Bonchev–Trinajstić information content (AvgIpc) is 3.48. The van der Waals surface area contributed by atoms with Gasteiger partial charge < -0.3 is 18.9 Å². The predicted octanol–water partition coefficient (Wildman–Crippen LogP) is 5.51. The van der Waals surface area contributed by atoms with Gasteiger partial charge in [0.05, 0.1) is 19.1 Å². The van der Waals surface area contributed by atoms with E-state index in [1.165, 1.54) is 4.31 Å². The molecule has 1 amide bonds. The third kappa shape index (κ3) is 6.37. The van der Waals surface area contributed by atoms with Gasteiger partial charge >= 0.3 is 0 Å². The molecule has 232 valence electrons. The number of halogens is 1. The number of nitrogens with zero attached hydrogens (tertiary/aromatic N) is 4. The first-order chi connectivity index (χ1) is 21.6. The van der Waals surface area contributed by atoms with Crippen LogP contribution < -0.4 is 9.47 Å². The van der Waals surface area contributed by atoms with E-state index in [0.29, 0.717) is 40.3 Å². The third-order valence-corrected chi connectivity index (χ3v) is 10.0. The lowest BCUT2D eigenvalue weighted by atomic mass is 10.0. The number of rotatable bonds is 9. The molecule has 0 saturated carbocycles. The van der Waals surface area contributed by atoms with Crippen LogP contribution >= 0.6 is 11.6 Å². The number of hydrogen-bond donors (Lipinski definition) is 0. The smallest absolute Gasteiger partial charge is 0.243 e. The Labute approximate surface area is 266 Å². The Hall–Kier alpha value is -4.45. The van der Waals surface area contributed by atoms with Crippen LogP contribution in [0.3, 0.4) is 0 Å². The van der Waals surface area contributed by atoms with Crippen molar-refractivity contribution in [1.82, 2.24) is 19.3 Å². The van der Waals surface area contributed by atoms with E-state index in [0.717, 1.165) is 21.9 Å². The summed E-state index contributed by atoms with van der Waals surface area (Å²) in [5.74, 6) is 1.75. The molecule has 5 aromatic rings. The molecule has 4 aromatic carbocycles. The minimum absolute atomic E-state index is 0.110. The second-order valence-corrected chi connectivity index (χ2v) is 13.1. The van der Waals surface area contributed by atoms with Crippen molar-refractivity contribution in [1.29, 1.82) is 0 Å². The summed E-state index contributed by atoms with van der Waals surface area (Å²) in [7, 11) is -0.975. The van der Waals surface area contributed by atoms with Gasteiger partial charge in [-0.3, -0.25) is 4.79 Å². The van der Waals surface area contributed by atoms with Gasteiger partial charge in [0.25, 0.3) is 0 Å². The monoisotopic (exact) mass is 646 g/mol. The molecule has 10 nitrogen and oxygen atoms in total. The molecule has 1 fully saturated rings. The Morgan fingerprint density at radius 2 is 1.58 bits per heavy atom. The van der Waals surface area contributed by atoms with Gasteiger partial charge in [0.1, 0.15) is 17.5 Å². The highest BCUT2D eigenvalue weighted by Gasteiger charge is 2.42. The normalized spacial score (nSPS) is 15.9. The first-order valence-electron chi connectivity index (χ1n) is 14.3. The van der Waals surface area contributed by atoms with Crippen molar-refractivity contribution in [2.24, 2.45) is 0 Å². The van der Waals surface area contributed by atoms with Crippen LogP contribution in [0.2, 0.25) is 5.02 Å². The molecule has 1 aliphatic rings. The lowest BCUT2D eigenvalue weighted by Crippen LogP contribution is -2.59. The van der Waals surface area contributed by atoms with E-state index in [-0.39, 0.29) is 30.3 Å². The lowest BCUT2D eigenvalue weighted by molar-refractivity contribution is -0.139. The summed E-state index contributed by atoms with van der Waals surface area (Å²) in [5, 5.41) is 6.08. The highest BCUT2D eigenvalue weighted by Crippen LogP contribution is 2.31. The first-order valence-corrected chi connectivity index (χ1v) is 16.1. The van der Waals surface area contributed by atoms with E-state index in [2.05, 4.69) is 10.1 Å². The van der Waals surface area contributed by atoms with E-state index in [1.807, 2.05) is 24.3 Å². The number of piperazine rings is 1. The molecular weight excluding hydrogens is 616 g/mol. The van der Waals surface area contributed by atoms with Gasteiger partial charge in [0, 0.05) is 43.2 Å². The lowest BCUT2D eigenvalue weighted by Gasteiger charge is -2.40. The van der Waals surface area contributed by atoms with E-state index in [4.69, 9.17) is 25.6 Å². The molecule has 45 heavy (non-hydrogen) atoms. The molecule has 0 spiro atoms. The van der Waals surface area contributed by atoms with E-state index < -0.39 is 16.1 Å². The number of aryl methyl sites for hydroxylation is 1. The molecule has 6 rings (SSSR count). The molecule has 2 heterocycles. The fourth-order valence-corrected chi connectivity index (χ4v) is 7.34. The fraction of sp³-hybridized carbons (Fsp3) is 0.242. The quantitative estimate of drug-likeness (QED) is 0.206. The summed E-state index contributed by atoms with van der Waals surface area (Å²) in [6.07, 6.45) is 0.126. The van der Waals surface area contributed by atoms with E-state index in [1.54, 1.807) is 80.6 Å². The third-order valence-electron chi connectivity index (χ3n) is 7.87. The van der Waals surface area contributed by atoms with Gasteiger partial charge in [-0.1, -0.05) is 53.2 Å². The van der Waals surface area contributed by atoms with Crippen molar-refractivity contribution in [3.63, 3.8) is 0 Å². The van der Waals surface area contributed by atoms with Crippen molar-refractivity contribution in [3.05, 3.63) is 101 Å². The van der Waals surface area contributed by atoms with Crippen LogP contribution in [0.15, 0.2) is 88.3 Å². The first kappa shape index (κ1) is 30.6. The Bertz CT molecular complexity index is 1960. The number of carbonyl (C=O) groups excluding carboxylic acids is 1. The van der Waals surface area contributed by atoms with Crippen LogP contribution in [-0.2, 0) is 27.8 Å². The molecule has 1 saturated heterocycles. The summed E-state index contributed by atoms with van der Waals surface area (Å²) in [6, 6.07) is 22.1. The summed E-state index contributed by atoms with van der Waals surface area (Å²) in [5.41, 5.74) is 2.39. The second kappa shape index (κ2) is 12.5. The van der Waals surface area contributed by atoms with E-state index >= 15 is 0 Å². The predicted molar refractivity (Wildman–Crippen MR) is 170 cm³/mol. The molecular formula is C33H31ClN4O6S. The number of ether oxygens (including phenoxy) is 2. The summed E-state index contributed by atoms with van der Waals surface area (Å²) in [4.78, 5) is 20.3. The largest absolute Gasteiger partial charge is 0.497 e. The van der Waals surface area contributed by atoms with Gasteiger partial charge in [-0.05, 0) is 64.7 Å². The second-order valence-electron chi connectivity index (χ2n) is 10.8. The Kier molecular flexibility index (Phi) is 8.50. The minimum Gasteiger partial charge on any atom is -0.497 e. The van der Waals surface area contributed by atoms with E-state index in [9.17, 15) is 13.2 Å². The molecule has 1 aromatic heterocycles. The van der Waals surface area contributed by atoms with Crippen molar-refractivity contribution in [3.8, 4) is 22.9 Å². The summed E-state index contributed by atoms with van der Waals surface area (Å²) in [6.45, 7) is 2.39. The van der Waals surface area contributed by atoms with Crippen LogP contribution in [0, 0.1) is 6.92 Å². The highest BCUT2D eigenvalue weighted by atomic mass is 35.5. The van der Waals surface area contributed by atoms with Gasteiger partial charge in [-0.15, -0.1) is 0 Å². The topological polar surface area (TPSA) is 115 Å². The number of hydrogen-bond acceptors (Lipinski definition) is 8. The number of benzene rings is 4. The molecule has 12 heteroatoms. The van der Waals surface area contributed by atoms with Crippen LogP contribution in [0.25, 0.3) is 22.2 Å². The Balaban J connectivity index is 1.32. The van der Waals surface area contributed by atoms with Crippen LogP contribution in [0.1, 0.15) is 17.0 Å². The summed E-state index contributed by atoms with van der Waals surface area (Å²) < 4.78 is 45.7. The maximum Gasteiger partial charge on any atom is 0.243 e. The molecule has 0 radical (unpaired) electrons. The number of fused-ring (bicyclic) bond motifs is 1. The number of sulfonamides is 1. The Morgan fingerprint density at radius 1 is 0.889 bits per heavy atom. The number of methoxy groups -OCH3 is 2. The fourth-order valence-electron chi connectivity index (χ4n) is 5.55. The number of carbonyl (C=O) groups is 1. The number of aromatic nitrogens is 2. The molecule has 0 bridgehead atoms. The SMILES string of the molecule is COc1cc(CC2C(=O)N(Cc3ccc(-c4noc(C)n4)cc3)CCN2S(=O)(=O)c2ccc3cc(Cl)ccc3c2)cc(OC)c1. The van der Waals surface area contributed by atoms with Gasteiger partial charge in [0.2, 0.25) is 27.6 Å². The molecule has 1 unspecified atom stereocenters. The molecule has 0 N–H and O–H groups in total. The average molecular weight is 647 g/mol. The maximum absolute atomic E-state index is 14.2. The minimum atomic E-state index is -4.06. The number of amides is 1. The van der Waals surface area contributed by atoms with Gasteiger partial charge in [0.15, 0.2) is 0 Å². The zero-order valence-electron chi connectivity index (χ0n) is 24.9. The summed E-state index contributed by atoms with van der Waals surface area (Å²) >= 11 is 6.14. The van der Waals surface area contributed by atoms with Crippen LogP contribution in [0.5, 0.6) is 11.5 Å². The Morgan fingerprint density at radius 3 is 2.24 bits per heavy atom. The standard InChI is InChI=1S/C33H31ClN4O6S/c1-21-35-32(36-44-21)24-6-4-22(5-7-24)20-37-12-13-38(31(33(37)39)16-23-14-28(42-2)19-29(15-23)43-3)45(40,41)30-11-9-25-17-27(34)10-8-26(25)18-30/h4-11,14-15,17-19,31H,12-13,16,20H2,1-3H3. The molecule has 0 aliphatic carbocycles. The molecule has 1 aliphatic heterocycles. The zero-order valence-corrected chi connectivity index (χ0v) is 26.5. The van der Waals surface area contributed by atoms with Crippen molar-refractivity contribution in [2.45, 2.75) is 30.8 Å². The maximum atomic E-state index is 14.2. The van der Waals surface area contributed by atoms with Crippen molar-refractivity contribution < 1.29 is 27.2 Å². The van der Waals surface area contributed by atoms with Crippen molar-refractivity contribution >= 4 is 38.3 Å². The van der Waals surface area contributed by atoms with Gasteiger partial charge in [-0.25, -0.2) is 8.42 Å². The van der Waals surface area contributed by atoms with Crippen LogP contribution in [-0.4, -0.2) is 67.0 Å². The van der Waals surface area contributed by atoms with Gasteiger partial charge in [-0.2, -0.15) is 9.29 Å². The van der Waals surface area contributed by atoms with Crippen molar-refractivity contribution in [2.75, 3.05) is 27.3 Å². The highest BCUT2D eigenvalue weighted by molar-refractivity contribution is 7.89.